The van der Waals surface area contributed by atoms with Crippen LogP contribution in [0.1, 0.15) is 24.0 Å². The third-order valence-corrected chi connectivity index (χ3v) is 3.63. The van der Waals surface area contributed by atoms with E-state index >= 15 is 0 Å². The number of nitrogens with two attached hydrogens (primary N) is 1. The minimum absolute atomic E-state index is 0.249. The lowest BCUT2D eigenvalue weighted by atomic mass is 10.1. The number of rotatable bonds is 5. The molecule has 0 bridgehead atoms. The molecule has 100 valence electrons. The van der Waals surface area contributed by atoms with Gasteiger partial charge in [0, 0.05) is 11.1 Å². The summed E-state index contributed by atoms with van der Waals surface area (Å²) in [6.45, 7) is 4.20. The molecule has 1 heterocycles. The van der Waals surface area contributed by atoms with Crippen LogP contribution in [0.4, 0.5) is 0 Å². The van der Waals surface area contributed by atoms with Crippen molar-refractivity contribution < 1.29 is 9.47 Å². The molecule has 1 aromatic carbocycles. The van der Waals surface area contributed by atoms with Crippen molar-refractivity contribution in [1.29, 1.82) is 0 Å². The molecule has 1 atom stereocenters. The standard InChI is InChI=1S/C14H20BrNO2/c1-10-7-12(15)8-11(4-5-16)14(10)18-9-13-3-2-6-17-13/h7-8,13H,2-6,9,16H2,1H3. The SMILES string of the molecule is Cc1cc(Br)cc(CCN)c1OCC1CCCO1. The van der Waals surface area contributed by atoms with Gasteiger partial charge in [-0.3, -0.25) is 0 Å². The van der Waals surface area contributed by atoms with Gasteiger partial charge < -0.3 is 15.2 Å². The molecule has 1 aliphatic heterocycles. The van der Waals surface area contributed by atoms with Gasteiger partial charge in [-0.25, -0.2) is 0 Å². The Morgan fingerprint density at radius 2 is 2.33 bits per heavy atom. The average Bonchev–Trinajstić information content (AvgIpc) is 2.81. The molecule has 1 aromatic rings. The summed E-state index contributed by atoms with van der Waals surface area (Å²) in [5.41, 5.74) is 7.97. The number of aryl methyl sites for hydroxylation is 1. The van der Waals surface area contributed by atoms with Crippen molar-refractivity contribution in [2.24, 2.45) is 5.73 Å². The van der Waals surface area contributed by atoms with Crippen LogP contribution in [0.15, 0.2) is 16.6 Å². The van der Waals surface area contributed by atoms with E-state index in [1.807, 2.05) is 0 Å². The van der Waals surface area contributed by atoms with Gasteiger partial charge in [-0.15, -0.1) is 0 Å². The maximum Gasteiger partial charge on any atom is 0.125 e. The summed E-state index contributed by atoms with van der Waals surface area (Å²) in [5, 5.41) is 0. The molecule has 0 saturated carbocycles. The molecule has 0 radical (unpaired) electrons. The number of hydrogen-bond donors (Lipinski definition) is 1. The van der Waals surface area contributed by atoms with Gasteiger partial charge in [0.15, 0.2) is 0 Å². The van der Waals surface area contributed by atoms with Crippen LogP contribution < -0.4 is 10.5 Å². The van der Waals surface area contributed by atoms with Gasteiger partial charge in [0.25, 0.3) is 0 Å². The van der Waals surface area contributed by atoms with Gasteiger partial charge in [0.2, 0.25) is 0 Å². The predicted octanol–water partition coefficient (Wildman–Crippen LogP) is 2.82. The fraction of sp³-hybridized carbons (Fsp3) is 0.571. The van der Waals surface area contributed by atoms with Crippen LogP contribution in [0, 0.1) is 6.92 Å². The lowest BCUT2D eigenvalue weighted by Gasteiger charge is -2.17. The Morgan fingerprint density at radius 1 is 1.50 bits per heavy atom. The fourth-order valence-electron chi connectivity index (χ4n) is 2.30. The van der Waals surface area contributed by atoms with Crippen molar-refractivity contribution in [3.63, 3.8) is 0 Å². The third kappa shape index (κ3) is 3.46. The molecule has 2 rings (SSSR count). The highest BCUT2D eigenvalue weighted by Gasteiger charge is 2.17. The molecule has 1 saturated heterocycles. The fourth-order valence-corrected chi connectivity index (χ4v) is 2.92. The first-order chi connectivity index (χ1) is 8.70. The molecule has 1 fully saturated rings. The Labute approximate surface area is 117 Å². The largest absolute Gasteiger partial charge is 0.490 e. The zero-order valence-corrected chi connectivity index (χ0v) is 12.3. The minimum atomic E-state index is 0.249. The van der Waals surface area contributed by atoms with E-state index in [4.69, 9.17) is 15.2 Å². The van der Waals surface area contributed by atoms with E-state index in [2.05, 4.69) is 35.0 Å². The molecule has 0 aliphatic carbocycles. The van der Waals surface area contributed by atoms with Crippen LogP contribution >= 0.6 is 15.9 Å². The van der Waals surface area contributed by atoms with Crippen LogP contribution in [0.5, 0.6) is 5.75 Å². The average molecular weight is 314 g/mol. The highest BCUT2D eigenvalue weighted by molar-refractivity contribution is 9.10. The molecule has 4 heteroatoms. The summed E-state index contributed by atoms with van der Waals surface area (Å²) in [5.74, 6) is 0.971. The van der Waals surface area contributed by atoms with Gasteiger partial charge >= 0.3 is 0 Å². The smallest absolute Gasteiger partial charge is 0.125 e. The van der Waals surface area contributed by atoms with Crippen LogP contribution in [0.25, 0.3) is 0 Å². The van der Waals surface area contributed by atoms with Crippen molar-refractivity contribution in [3.05, 3.63) is 27.7 Å². The van der Waals surface area contributed by atoms with Gasteiger partial charge in [-0.2, -0.15) is 0 Å². The number of halogens is 1. The maximum atomic E-state index is 5.96. The zero-order valence-electron chi connectivity index (χ0n) is 10.7. The van der Waals surface area contributed by atoms with Crippen molar-refractivity contribution in [2.75, 3.05) is 19.8 Å². The van der Waals surface area contributed by atoms with Gasteiger partial charge in [0.1, 0.15) is 12.4 Å². The van der Waals surface area contributed by atoms with Crippen molar-refractivity contribution >= 4 is 15.9 Å². The van der Waals surface area contributed by atoms with E-state index in [9.17, 15) is 0 Å². The Hall–Kier alpha value is -0.580. The van der Waals surface area contributed by atoms with Crippen molar-refractivity contribution in [2.45, 2.75) is 32.3 Å². The van der Waals surface area contributed by atoms with Crippen LogP contribution in [0.2, 0.25) is 0 Å². The monoisotopic (exact) mass is 313 g/mol. The molecule has 0 amide bonds. The number of ether oxygens (including phenoxy) is 2. The molecule has 0 aromatic heterocycles. The second-order valence-electron chi connectivity index (χ2n) is 4.70. The Bertz CT molecular complexity index is 403. The van der Waals surface area contributed by atoms with Crippen molar-refractivity contribution in [3.8, 4) is 5.75 Å². The molecular weight excluding hydrogens is 294 g/mol. The molecule has 1 unspecified atom stereocenters. The molecular formula is C14H20BrNO2. The van der Waals surface area contributed by atoms with E-state index in [0.717, 1.165) is 41.7 Å². The van der Waals surface area contributed by atoms with Crippen LogP contribution in [0.3, 0.4) is 0 Å². The highest BCUT2D eigenvalue weighted by Crippen LogP contribution is 2.29. The predicted molar refractivity (Wildman–Crippen MR) is 76.1 cm³/mol. The lowest BCUT2D eigenvalue weighted by molar-refractivity contribution is 0.0674. The van der Waals surface area contributed by atoms with Gasteiger partial charge in [-0.1, -0.05) is 15.9 Å². The van der Waals surface area contributed by atoms with Crippen LogP contribution in [-0.2, 0) is 11.2 Å². The minimum Gasteiger partial charge on any atom is -0.490 e. The summed E-state index contributed by atoms with van der Waals surface area (Å²) in [7, 11) is 0. The summed E-state index contributed by atoms with van der Waals surface area (Å²) >= 11 is 3.51. The maximum absolute atomic E-state index is 5.96. The first-order valence-electron chi connectivity index (χ1n) is 6.44. The lowest BCUT2D eigenvalue weighted by Crippen LogP contribution is -2.17. The molecule has 2 N–H and O–H groups in total. The quantitative estimate of drug-likeness (QED) is 0.909. The Balaban J connectivity index is 2.09. The first kappa shape index (κ1) is 13.8. The summed E-state index contributed by atoms with van der Waals surface area (Å²) in [4.78, 5) is 0. The van der Waals surface area contributed by atoms with Crippen LogP contribution in [-0.4, -0.2) is 25.9 Å². The first-order valence-corrected chi connectivity index (χ1v) is 7.23. The summed E-state index contributed by atoms with van der Waals surface area (Å²) in [6, 6.07) is 4.16. The highest BCUT2D eigenvalue weighted by atomic mass is 79.9. The topological polar surface area (TPSA) is 44.5 Å². The van der Waals surface area contributed by atoms with E-state index < -0.39 is 0 Å². The Kier molecular flexibility index (Phi) is 5.03. The number of hydrogen-bond acceptors (Lipinski definition) is 3. The Morgan fingerprint density at radius 3 is 3.00 bits per heavy atom. The van der Waals surface area contributed by atoms with E-state index in [1.54, 1.807) is 0 Å². The molecule has 3 nitrogen and oxygen atoms in total. The molecule has 1 aliphatic rings. The summed E-state index contributed by atoms with van der Waals surface area (Å²) < 4.78 is 12.6. The van der Waals surface area contributed by atoms with Crippen molar-refractivity contribution in [1.82, 2.24) is 0 Å². The van der Waals surface area contributed by atoms with E-state index in [1.165, 1.54) is 5.56 Å². The van der Waals surface area contributed by atoms with Gasteiger partial charge in [0.05, 0.1) is 6.10 Å². The normalized spacial score (nSPS) is 19.2. The van der Waals surface area contributed by atoms with Gasteiger partial charge in [-0.05, 0) is 56.0 Å². The molecule has 0 spiro atoms. The zero-order chi connectivity index (χ0) is 13.0. The second kappa shape index (κ2) is 6.55. The third-order valence-electron chi connectivity index (χ3n) is 3.17. The second-order valence-corrected chi connectivity index (χ2v) is 5.61. The summed E-state index contributed by atoms with van der Waals surface area (Å²) in [6.07, 6.45) is 3.32. The van der Waals surface area contributed by atoms with E-state index in [-0.39, 0.29) is 6.10 Å². The number of benzene rings is 1. The van der Waals surface area contributed by atoms with E-state index in [0.29, 0.717) is 13.2 Å². The molecule has 18 heavy (non-hydrogen) atoms.